The molecule has 1 saturated heterocycles. The molecule has 0 saturated carbocycles. The smallest absolute Gasteiger partial charge is 0.254 e. The molecule has 1 amide bonds. The first kappa shape index (κ1) is 19.0. The average Bonchev–Trinajstić information content (AvgIpc) is 2.82. The van der Waals surface area contributed by atoms with Gasteiger partial charge in [0.1, 0.15) is 0 Å². The topological polar surface area (TPSA) is 59.0 Å². The van der Waals surface area contributed by atoms with Crippen LogP contribution in [-0.2, 0) is 12.0 Å². The van der Waals surface area contributed by atoms with Crippen LogP contribution < -0.4 is 10.6 Å². The molecule has 2 unspecified atom stereocenters. The number of amides is 1. The van der Waals surface area contributed by atoms with Gasteiger partial charge >= 0.3 is 0 Å². The minimum absolute atomic E-state index is 0. The zero-order valence-electron chi connectivity index (χ0n) is 14.3. The van der Waals surface area contributed by atoms with Gasteiger partial charge in [-0.15, -0.1) is 12.4 Å². The van der Waals surface area contributed by atoms with E-state index in [0.717, 1.165) is 37.1 Å². The van der Waals surface area contributed by atoms with Crippen molar-refractivity contribution in [3.05, 3.63) is 17.5 Å². The van der Waals surface area contributed by atoms with Crippen molar-refractivity contribution in [1.82, 2.24) is 20.4 Å². The molecule has 2 heterocycles. The summed E-state index contributed by atoms with van der Waals surface area (Å²) in [7, 11) is 0. The maximum Gasteiger partial charge on any atom is 0.254 e. The number of hydrogen-bond acceptors (Lipinski definition) is 3. The van der Waals surface area contributed by atoms with Crippen molar-refractivity contribution in [2.24, 2.45) is 0 Å². The zero-order chi connectivity index (χ0) is 15.6. The Morgan fingerprint density at radius 1 is 1.50 bits per heavy atom. The molecule has 2 atom stereocenters. The second-order valence-electron chi connectivity index (χ2n) is 6.99. The quantitative estimate of drug-likeness (QED) is 0.896. The number of piperidine rings is 1. The van der Waals surface area contributed by atoms with E-state index in [0.29, 0.717) is 6.04 Å². The summed E-state index contributed by atoms with van der Waals surface area (Å²) in [6, 6.07) is 0.725. The van der Waals surface area contributed by atoms with Gasteiger partial charge in [-0.25, -0.2) is 0 Å². The molecule has 1 aromatic heterocycles. The van der Waals surface area contributed by atoms with Gasteiger partial charge in [-0.05, 0) is 53.5 Å². The number of halogens is 1. The highest BCUT2D eigenvalue weighted by molar-refractivity contribution is 5.95. The van der Waals surface area contributed by atoms with Crippen molar-refractivity contribution < 1.29 is 4.79 Å². The van der Waals surface area contributed by atoms with E-state index in [1.54, 1.807) is 6.20 Å². The van der Waals surface area contributed by atoms with E-state index in [9.17, 15) is 4.79 Å². The third-order valence-corrected chi connectivity index (χ3v) is 4.04. The van der Waals surface area contributed by atoms with Crippen molar-refractivity contribution in [1.29, 1.82) is 0 Å². The largest absolute Gasteiger partial charge is 0.349 e. The summed E-state index contributed by atoms with van der Waals surface area (Å²) in [5.41, 5.74) is 1.63. The second kappa shape index (κ2) is 7.47. The van der Waals surface area contributed by atoms with Gasteiger partial charge in [-0.1, -0.05) is 6.92 Å². The van der Waals surface area contributed by atoms with Crippen LogP contribution in [-0.4, -0.2) is 34.3 Å². The summed E-state index contributed by atoms with van der Waals surface area (Å²) in [5.74, 6) is 0.0152. The lowest BCUT2D eigenvalue weighted by Crippen LogP contribution is -2.46. The number of hydrogen-bond donors (Lipinski definition) is 2. The summed E-state index contributed by atoms with van der Waals surface area (Å²) in [6.45, 7) is 11.5. The fraction of sp³-hybridized carbons (Fsp3) is 0.750. The lowest BCUT2D eigenvalue weighted by Gasteiger charge is -2.28. The molecule has 1 aliphatic heterocycles. The van der Waals surface area contributed by atoms with E-state index < -0.39 is 0 Å². The van der Waals surface area contributed by atoms with Crippen LogP contribution in [0.2, 0.25) is 0 Å². The third kappa shape index (κ3) is 4.23. The van der Waals surface area contributed by atoms with E-state index in [1.165, 1.54) is 0 Å². The van der Waals surface area contributed by atoms with Crippen LogP contribution in [0.15, 0.2) is 6.20 Å². The Labute approximate surface area is 139 Å². The summed E-state index contributed by atoms with van der Waals surface area (Å²) in [6.07, 6.45) is 4.50. The lowest BCUT2D eigenvalue weighted by atomic mass is 10.00. The fourth-order valence-corrected chi connectivity index (χ4v) is 3.01. The van der Waals surface area contributed by atoms with Gasteiger partial charge in [0.15, 0.2) is 0 Å². The molecule has 0 bridgehead atoms. The highest BCUT2D eigenvalue weighted by Crippen LogP contribution is 2.20. The van der Waals surface area contributed by atoms with Crippen LogP contribution in [0.5, 0.6) is 0 Å². The first-order valence-corrected chi connectivity index (χ1v) is 7.94. The Morgan fingerprint density at radius 2 is 2.18 bits per heavy atom. The van der Waals surface area contributed by atoms with E-state index in [2.05, 4.69) is 50.4 Å². The van der Waals surface area contributed by atoms with E-state index in [4.69, 9.17) is 0 Å². The van der Waals surface area contributed by atoms with Gasteiger partial charge in [-0.2, -0.15) is 5.10 Å². The number of rotatable bonds is 3. The molecule has 5 nitrogen and oxygen atoms in total. The molecule has 2 rings (SSSR count). The van der Waals surface area contributed by atoms with Crippen LogP contribution in [0.1, 0.15) is 63.5 Å². The van der Waals surface area contributed by atoms with Crippen molar-refractivity contribution in [3.8, 4) is 0 Å². The molecule has 1 aliphatic rings. The molecule has 0 aromatic carbocycles. The number of carbonyl (C=O) groups excluding carboxylic acids is 1. The summed E-state index contributed by atoms with van der Waals surface area (Å²) in [5, 5.41) is 11.0. The zero-order valence-corrected chi connectivity index (χ0v) is 15.1. The number of nitrogens with zero attached hydrogens (tertiary/aromatic N) is 2. The number of carbonyl (C=O) groups is 1. The Balaban J connectivity index is 0.00000242. The van der Waals surface area contributed by atoms with Crippen LogP contribution >= 0.6 is 12.4 Å². The first-order valence-electron chi connectivity index (χ1n) is 7.94. The van der Waals surface area contributed by atoms with E-state index in [-0.39, 0.29) is 29.9 Å². The predicted molar refractivity (Wildman–Crippen MR) is 91.8 cm³/mol. The van der Waals surface area contributed by atoms with E-state index in [1.807, 2.05) is 4.68 Å². The summed E-state index contributed by atoms with van der Waals surface area (Å²) >= 11 is 0. The fourth-order valence-electron chi connectivity index (χ4n) is 3.01. The normalized spacial score (nSPS) is 22.0. The predicted octanol–water partition coefficient (Wildman–Crippen LogP) is 2.49. The van der Waals surface area contributed by atoms with Gasteiger partial charge in [0.25, 0.3) is 5.91 Å². The number of aromatic nitrogens is 2. The van der Waals surface area contributed by atoms with Crippen molar-refractivity contribution in [3.63, 3.8) is 0 Å². The molecule has 1 aromatic rings. The maximum atomic E-state index is 12.6. The second-order valence-corrected chi connectivity index (χ2v) is 6.99. The molecule has 0 spiro atoms. The third-order valence-electron chi connectivity index (χ3n) is 4.04. The van der Waals surface area contributed by atoms with Crippen molar-refractivity contribution in [2.45, 2.75) is 71.5 Å². The average molecular weight is 329 g/mol. The van der Waals surface area contributed by atoms with Gasteiger partial charge < -0.3 is 10.6 Å². The maximum absolute atomic E-state index is 12.6. The molecule has 22 heavy (non-hydrogen) atoms. The van der Waals surface area contributed by atoms with Crippen LogP contribution in [0, 0.1) is 0 Å². The van der Waals surface area contributed by atoms with Gasteiger partial charge in [-0.3, -0.25) is 9.48 Å². The van der Waals surface area contributed by atoms with Crippen molar-refractivity contribution in [2.75, 3.05) is 6.54 Å². The molecular weight excluding hydrogens is 300 g/mol. The SMILES string of the molecule is CCc1c(C(=O)NC2CCNC(C)C2)cnn1C(C)(C)C.Cl. The first-order chi connectivity index (χ1) is 9.82. The Bertz CT molecular complexity index is 507. The molecule has 6 heteroatoms. The lowest BCUT2D eigenvalue weighted by molar-refractivity contribution is 0.0924. The van der Waals surface area contributed by atoms with Crippen molar-refractivity contribution >= 4 is 18.3 Å². The van der Waals surface area contributed by atoms with Crippen LogP contribution in [0.4, 0.5) is 0 Å². The highest BCUT2D eigenvalue weighted by atomic mass is 35.5. The Morgan fingerprint density at radius 3 is 2.73 bits per heavy atom. The number of nitrogens with one attached hydrogen (secondary N) is 2. The molecule has 126 valence electrons. The van der Waals surface area contributed by atoms with Gasteiger partial charge in [0.2, 0.25) is 0 Å². The minimum Gasteiger partial charge on any atom is -0.349 e. The van der Waals surface area contributed by atoms with Gasteiger partial charge in [0, 0.05) is 12.1 Å². The van der Waals surface area contributed by atoms with Crippen LogP contribution in [0.3, 0.4) is 0 Å². The van der Waals surface area contributed by atoms with Gasteiger partial charge in [0.05, 0.1) is 23.0 Å². The minimum atomic E-state index is -0.104. The summed E-state index contributed by atoms with van der Waals surface area (Å²) in [4.78, 5) is 12.6. The Hall–Kier alpha value is -1.07. The monoisotopic (exact) mass is 328 g/mol. The molecule has 1 fully saturated rings. The molecule has 2 N–H and O–H groups in total. The standard InChI is InChI=1S/C16H28N4O.ClH/c1-6-14-13(10-18-20(14)16(3,4)5)15(21)19-12-7-8-17-11(2)9-12;/h10-12,17H,6-9H2,1-5H3,(H,19,21);1H. The Kier molecular flexibility index (Phi) is 6.44. The van der Waals surface area contributed by atoms with E-state index >= 15 is 0 Å². The van der Waals surface area contributed by atoms with Crippen LogP contribution in [0.25, 0.3) is 0 Å². The molecular formula is C16H29ClN4O. The molecule has 0 radical (unpaired) electrons. The molecule has 0 aliphatic carbocycles. The highest BCUT2D eigenvalue weighted by Gasteiger charge is 2.25. The summed E-state index contributed by atoms with van der Waals surface area (Å²) < 4.78 is 1.97.